The van der Waals surface area contributed by atoms with Crippen molar-refractivity contribution in [2.24, 2.45) is 7.05 Å². The molecule has 1 aliphatic heterocycles. The number of hydrogen-bond acceptors (Lipinski definition) is 5. The van der Waals surface area contributed by atoms with Crippen molar-refractivity contribution in [1.29, 1.82) is 0 Å². The van der Waals surface area contributed by atoms with Gasteiger partial charge in [0.2, 0.25) is 11.2 Å². The van der Waals surface area contributed by atoms with E-state index in [1.165, 1.54) is 9.13 Å². The van der Waals surface area contributed by atoms with E-state index >= 15 is 0 Å². The normalized spacial score (nSPS) is 13.5. The zero-order chi connectivity index (χ0) is 21.4. The third-order valence-corrected chi connectivity index (χ3v) is 5.82. The lowest BCUT2D eigenvalue weighted by molar-refractivity contribution is -0.663. The van der Waals surface area contributed by atoms with Crippen molar-refractivity contribution < 1.29 is 14.0 Å². The molecule has 0 saturated heterocycles. The van der Waals surface area contributed by atoms with Crippen LogP contribution < -0.4 is 30.2 Å². The highest BCUT2D eigenvalue weighted by Gasteiger charge is 2.31. The number of imidazole rings is 1. The van der Waals surface area contributed by atoms with Crippen molar-refractivity contribution in [2.75, 3.05) is 32.2 Å². The molecule has 30 heavy (non-hydrogen) atoms. The molecule has 1 N–H and O–H groups in total. The Kier molecular flexibility index (Phi) is 5.27. The fourth-order valence-corrected chi connectivity index (χ4v) is 4.21. The topological polar surface area (TPSA) is 85.4 Å². The average Bonchev–Trinajstić information content (AvgIpc) is 3.17. The average molecular weight is 414 g/mol. The summed E-state index contributed by atoms with van der Waals surface area (Å²) in [5.41, 5.74) is 1.74. The SMILES string of the molecule is CCn1c(=O)c2c([nH]c3[n+]2CCCN3CCc2ccc(OC)c(OC)c2)n(C)c1=O. The zero-order valence-electron chi connectivity index (χ0n) is 17.9. The highest BCUT2D eigenvalue weighted by Crippen LogP contribution is 2.28. The number of anilines is 1. The maximum Gasteiger partial charge on any atom is 0.359 e. The number of nitrogens with one attached hydrogen (secondary N) is 1. The molecule has 9 nitrogen and oxygen atoms in total. The zero-order valence-corrected chi connectivity index (χ0v) is 17.9. The van der Waals surface area contributed by atoms with E-state index in [-0.39, 0.29) is 11.2 Å². The van der Waals surface area contributed by atoms with E-state index in [1.54, 1.807) is 21.3 Å². The largest absolute Gasteiger partial charge is 0.493 e. The summed E-state index contributed by atoms with van der Waals surface area (Å²) in [4.78, 5) is 31.0. The second-order valence-electron chi connectivity index (χ2n) is 7.47. The Bertz CT molecular complexity index is 1210. The number of aromatic nitrogens is 4. The molecule has 3 heterocycles. The molecule has 0 fully saturated rings. The summed E-state index contributed by atoms with van der Waals surface area (Å²) in [7, 11) is 4.96. The van der Waals surface area contributed by atoms with Crippen LogP contribution >= 0.6 is 0 Å². The highest BCUT2D eigenvalue weighted by molar-refractivity contribution is 5.68. The quantitative estimate of drug-likeness (QED) is 0.604. The van der Waals surface area contributed by atoms with Gasteiger partial charge in [-0.1, -0.05) is 6.07 Å². The van der Waals surface area contributed by atoms with E-state index in [1.807, 2.05) is 29.7 Å². The molecule has 2 aromatic heterocycles. The molecule has 0 atom stereocenters. The smallest absolute Gasteiger partial charge is 0.359 e. The van der Waals surface area contributed by atoms with Crippen molar-refractivity contribution in [3.63, 3.8) is 0 Å². The number of fused-ring (bicyclic) bond motifs is 3. The second kappa shape index (κ2) is 7.89. The molecule has 0 unspecified atom stereocenters. The number of nitrogens with zero attached hydrogens (tertiary/aromatic N) is 4. The molecule has 160 valence electrons. The third kappa shape index (κ3) is 3.14. The van der Waals surface area contributed by atoms with Gasteiger partial charge in [0.15, 0.2) is 11.5 Å². The lowest BCUT2D eigenvalue weighted by atomic mass is 10.1. The van der Waals surface area contributed by atoms with Gasteiger partial charge in [0.1, 0.15) is 0 Å². The minimum Gasteiger partial charge on any atom is -0.493 e. The standard InChI is InChI=1S/C21H27N5O4/c1-5-25-19(27)17-18(23(2)21(25)28)22-20-24(10-6-11-26(17)20)12-9-14-7-8-15(29-3)16(13-14)30-4/h7-8,13H,5-6,9-12H2,1-4H3/p+1. The van der Waals surface area contributed by atoms with Crippen LogP contribution in [0.5, 0.6) is 11.5 Å². The summed E-state index contributed by atoms with van der Waals surface area (Å²) in [6, 6.07) is 5.94. The summed E-state index contributed by atoms with van der Waals surface area (Å²) in [6.07, 6.45) is 1.75. The molecular weight excluding hydrogens is 386 g/mol. The number of aryl methyl sites for hydroxylation is 2. The van der Waals surface area contributed by atoms with Crippen LogP contribution in [0.3, 0.4) is 0 Å². The van der Waals surface area contributed by atoms with Crippen molar-refractivity contribution >= 4 is 17.1 Å². The first-order chi connectivity index (χ1) is 14.5. The number of H-pyrrole nitrogens is 1. The molecule has 9 heteroatoms. The van der Waals surface area contributed by atoms with Crippen molar-refractivity contribution in [2.45, 2.75) is 32.9 Å². The maximum absolute atomic E-state index is 12.9. The molecule has 3 aromatic rings. The number of hydrogen-bond donors (Lipinski definition) is 1. The molecule has 4 rings (SSSR count). The van der Waals surface area contributed by atoms with Gasteiger partial charge in [-0.25, -0.2) is 14.3 Å². The summed E-state index contributed by atoms with van der Waals surface area (Å²) in [6.45, 7) is 4.58. The van der Waals surface area contributed by atoms with E-state index in [0.29, 0.717) is 29.2 Å². The van der Waals surface area contributed by atoms with E-state index < -0.39 is 0 Å². The highest BCUT2D eigenvalue weighted by atomic mass is 16.5. The van der Waals surface area contributed by atoms with Crippen LogP contribution in [0.4, 0.5) is 5.95 Å². The molecule has 0 aliphatic carbocycles. The number of aromatic amines is 1. The van der Waals surface area contributed by atoms with Crippen LogP contribution in [-0.4, -0.2) is 41.4 Å². The molecular formula is C21H28N5O4+. The molecule has 0 radical (unpaired) electrons. The fraction of sp³-hybridized carbons (Fsp3) is 0.476. The van der Waals surface area contributed by atoms with Crippen LogP contribution in [0.25, 0.3) is 11.2 Å². The number of ether oxygens (including phenoxy) is 2. The summed E-state index contributed by atoms with van der Waals surface area (Å²) in [5.74, 6) is 2.29. The molecule has 0 saturated carbocycles. The van der Waals surface area contributed by atoms with Gasteiger partial charge in [0.25, 0.3) is 5.56 Å². The Morgan fingerprint density at radius 1 is 1.17 bits per heavy atom. The Balaban J connectivity index is 1.69. The predicted octanol–water partition coefficient (Wildman–Crippen LogP) is 0.806. The molecule has 1 aliphatic rings. The van der Waals surface area contributed by atoms with Crippen molar-refractivity contribution in [3.05, 3.63) is 44.6 Å². The molecule has 0 spiro atoms. The van der Waals surface area contributed by atoms with Crippen molar-refractivity contribution in [3.8, 4) is 11.5 Å². The van der Waals surface area contributed by atoms with Gasteiger partial charge >= 0.3 is 11.6 Å². The fourth-order valence-electron chi connectivity index (χ4n) is 4.21. The van der Waals surface area contributed by atoms with Gasteiger partial charge in [-0.3, -0.25) is 18.8 Å². The van der Waals surface area contributed by atoms with Crippen LogP contribution in [0.1, 0.15) is 18.9 Å². The first-order valence-electron chi connectivity index (χ1n) is 10.2. The number of rotatable bonds is 6. The molecule has 0 bridgehead atoms. The van der Waals surface area contributed by atoms with Gasteiger partial charge in [0, 0.05) is 26.4 Å². The summed E-state index contributed by atoms with van der Waals surface area (Å²) >= 11 is 0. The van der Waals surface area contributed by atoms with Gasteiger partial charge in [-0.05, 0) is 24.6 Å². The Morgan fingerprint density at radius 2 is 1.93 bits per heavy atom. The lowest BCUT2D eigenvalue weighted by Gasteiger charge is -2.22. The van der Waals surface area contributed by atoms with E-state index in [2.05, 4.69) is 9.88 Å². The molecule has 1 aromatic carbocycles. The lowest BCUT2D eigenvalue weighted by Crippen LogP contribution is -2.51. The van der Waals surface area contributed by atoms with Crippen LogP contribution in [0.15, 0.2) is 27.8 Å². The number of benzene rings is 1. The van der Waals surface area contributed by atoms with Gasteiger partial charge in [-0.15, -0.1) is 0 Å². The second-order valence-corrected chi connectivity index (χ2v) is 7.47. The minimum atomic E-state index is -0.300. The van der Waals surface area contributed by atoms with E-state index in [0.717, 1.165) is 44.0 Å². The first kappa shape index (κ1) is 20.1. The third-order valence-electron chi connectivity index (χ3n) is 5.82. The Morgan fingerprint density at radius 3 is 2.63 bits per heavy atom. The first-order valence-corrected chi connectivity index (χ1v) is 10.2. The molecule has 0 amide bonds. The van der Waals surface area contributed by atoms with Crippen LogP contribution in [0, 0.1) is 0 Å². The van der Waals surface area contributed by atoms with Gasteiger partial charge < -0.3 is 9.47 Å². The maximum atomic E-state index is 12.9. The summed E-state index contributed by atoms with van der Waals surface area (Å²) < 4.78 is 15.5. The Labute approximate surface area is 174 Å². The van der Waals surface area contributed by atoms with Crippen LogP contribution in [0.2, 0.25) is 0 Å². The van der Waals surface area contributed by atoms with Crippen LogP contribution in [-0.2, 0) is 26.6 Å². The van der Waals surface area contributed by atoms with Gasteiger partial charge in [0.05, 0.1) is 33.9 Å². The predicted molar refractivity (Wildman–Crippen MR) is 114 cm³/mol. The monoisotopic (exact) mass is 414 g/mol. The van der Waals surface area contributed by atoms with E-state index in [4.69, 9.17) is 9.47 Å². The van der Waals surface area contributed by atoms with Gasteiger partial charge in [-0.2, -0.15) is 0 Å². The van der Waals surface area contributed by atoms with E-state index in [9.17, 15) is 9.59 Å². The minimum absolute atomic E-state index is 0.236. The Hall–Kier alpha value is -3.23. The number of methoxy groups -OCH3 is 2. The summed E-state index contributed by atoms with van der Waals surface area (Å²) in [5, 5.41) is 0. The van der Waals surface area contributed by atoms with Crippen molar-refractivity contribution in [1.82, 2.24) is 14.1 Å².